The molecule has 11 atom stereocenters. The zero-order chi connectivity index (χ0) is 94.3. The Bertz CT molecular complexity index is 5600. The average Bonchev–Trinajstić information content (AvgIpc) is 1.51. The lowest BCUT2D eigenvalue weighted by atomic mass is 10.1. The molecule has 11 aliphatic rings. The highest BCUT2D eigenvalue weighted by atomic mass is 79.9. The Morgan fingerprint density at radius 1 is 0.406 bits per heavy atom. The Labute approximate surface area is 743 Å². The topological polar surface area (TPSA) is 485 Å². The number of ether oxygens (including phenoxy) is 11. The van der Waals surface area contributed by atoms with E-state index in [4.69, 9.17) is 57.8 Å². The predicted octanol–water partition coefficient (Wildman–Crippen LogP) is -0.545. The third-order valence-electron chi connectivity index (χ3n) is 25.0. The number of likely N-dealkylation sites (N-methyl/N-ethyl adjacent to an activating group) is 3. The van der Waals surface area contributed by atoms with Crippen LogP contribution in [0.5, 0.6) is 34.5 Å². The molecule has 128 heavy (non-hydrogen) atoms. The van der Waals surface area contributed by atoms with Gasteiger partial charge < -0.3 is 104 Å². The molecule has 6 aromatic rings. The number of aliphatic hydroxyl groups is 3. The fourth-order valence-electron chi connectivity index (χ4n) is 19.3. The molecule has 0 saturated heterocycles. The first-order valence-electron chi connectivity index (χ1n) is 41.3. The second-order valence-corrected chi connectivity index (χ2v) is 34.0. The van der Waals surface area contributed by atoms with Gasteiger partial charge in [0.05, 0.1) is 117 Å². The van der Waals surface area contributed by atoms with Gasteiger partial charge in [-0.25, -0.2) is 14.0 Å². The Balaban J connectivity index is 0.000000140. The van der Waals surface area contributed by atoms with Crippen LogP contribution in [-0.2, 0) is 23.7 Å². The van der Waals surface area contributed by atoms with E-state index in [0.717, 1.165) is 17.1 Å². The summed E-state index contributed by atoms with van der Waals surface area (Å²) in [4.78, 5) is 154. The summed E-state index contributed by atoms with van der Waals surface area (Å²) in [6.45, 7) is 26.8. The van der Waals surface area contributed by atoms with E-state index in [0.29, 0.717) is 75.3 Å². The van der Waals surface area contributed by atoms with Crippen molar-refractivity contribution in [2.75, 3.05) is 201 Å². The number of carbonyl (C=O) groups is 6. The Kier molecular flexibility index (Phi) is 26.9. The number of hydrogen-bond acceptors (Lipinski definition) is 32. The molecule has 0 saturated carbocycles. The summed E-state index contributed by atoms with van der Waals surface area (Å²) in [5.41, 5.74) is 7.13. The number of amides is 6. The number of nitrogens with zero attached hydrogens (tertiary/aromatic N) is 14. The van der Waals surface area contributed by atoms with Crippen LogP contribution in [0.1, 0.15) is 209 Å². The standard InChI is InChI=1S/C16H23N3O4.C15H20BrN3O5.C15H21N3O5.C14H19N3O4.C13H17N3O5.C10H13N3O3/c1-6-17-15(21)13-14(23-5)12(20)7-11-10(2)8-18(19(11)13)16(17,3)9-22-4;1-5-17-14(22)11-13(24-4)12(21)9(16)10-8(20)6-18(19(10)11)15(17,2)7-23-3;1-5-16-14(21)12-13(23-4)10(19)6-9-11(20)7-17(18(9)12)15(16,2)8-22-3;1-8-6-16-14(2,7-20-3)15-13(19)11-12(21-4)10(18)5-9(8)17(11)16;1-13(6-20-2)14-12(19)10-11(21-3)8(17)4-7-9(18)5-15(13)16(7)10;1-5-4-12-13-6(5)3-7(14)9(16-2)8(13)10(11)15/h7,10H,6,8-9H2,1-5H3;8,20H,5-7H2,1-4H3;6,11,20H,5,7-8H2,1-4H3;5,8H,6-7H2,1-4H3,(H,15,19);4,9,18H,5-6H2,1-3H3,(H,14,19);3,5,12H,4H2,1-2H3,(H2,11,15). The number of pyridine rings is 6. The van der Waals surface area contributed by atoms with E-state index >= 15 is 0 Å². The van der Waals surface area contributed by atoms with Gasteiger partial charge in [0.25, 0.3) is 35.4 Å². The summed E-state index contributed by atoms with van der Waals surface area (Å²) in [6, 6.07) is 7.23. The molecule has 0 aromatic carbocycles. The van der Waals surface area contributed by atoms with Gasteiger partial charge in [0.1, 0.15) is 29.6 Å². The van der Waals surface area contributed by atoms with E-state index in [2.05, 4.69) is 43.9 Å². The van der Waals surface area contributed by atoms with E-state index in [1.807, 2.05) is 86.7 Å². The molecule has 0 spiro atoms. The molecule has 698 valence electrons. The smallest absolute Gasteiger partial charge is 0.278 e. The fraction of sp³-hybridized carbons (Fsp3) is 0.566. The summed E-state index contributed by atoms with van der Waals surface area (Å²) in [5, 5.41) is 46.4. The highest BCUT2D eigenvalue weighted by molar-refractivity contribution is 9.10. The molecular weight excluding hydrogens is 1740 g/mol. The van der Waals surface area contributed by atoms with Crippen molar-refractivity contribution < 1.29 is 96.2 Å². The first kappa shape index (κ1) is 95.4. The quantitative estimate of drug-likeness (QED) is 0.0504. The highest BCUT2D eigenvalue weighted by Gasteiger charge is 2.57. The zero-order valence-corrected chi connectivity index (χ0v) is 77.3. The van der Waals surface area contributed by atoms with Crippen molar-refractivity contribution in [2.24, 2.45) is 5.73 Å². The molecule has 44 nitrogen and oxygen atoms in total. The van der Waals surface area contributed by atoms with Crippen LogP contribution in [0, 0.1) is 0 Å². The lowest BCUT2D eigenvalue weighted by molar-refractivity contribution is -0.00138. The maximum Gasteiger partial charge on any atom is 0.278 e. The molecule has 11 aliphatic heterocycles. The van der Waals surface area contributed by atoms with Gasteiger partial charge in [-0.15, -0.1) is 0 Å². The summed E-state index contributed by atoms with van der Waals surface area (Å²) in [6.07, 6.45) is -2.61. The van der Waals surface area contributed by atoms with Crippen LogP contribution in [0.4, 0.5) is 0 Å². The maximum atomic E-state index is 13.1. The van der Waals surface area contributed by atoms with Crippen molar-refractivity contribution >= 4 is 51.4 Å². The van der Waals surface area contributed by atoms with Crippen LogP contribution in [0.15, 0.2) is 63.6 Å². The molecular formula is C83H113BrN18O26. The first-order valence-corrected chi connectivity index (χ1v) is 42.1. The SMILES string of the molecule is CCN1C(=O)c2c(OC)c(=O)c(Br)c3n2N(CC3O)C1(C)COC.CCN1C(=O)c2c(OC)c(=O)cc3n2N(CC3C)C1(C)COC.CCN1C(=O)c2c(OC)c(=O)cc3n2N(CC3O)C1(C)COC.COCC1(C)NC(=O)c2c(OC)c(=O)cc3n2N1CC3C.COCC1(C)NC(=O)c2c(OC)c(=O)cc3n2N1CC3O.COc1c(C(N)=O)n2c(cc1=O)C(C)CN2. The second kappa shape index (κ2) is 36.1. The highest BCUT2D eigenvalue weighted by Crippen LogP contribution is 2.45. The molecule has 6 aromatic heterocycles. The zero-order valence-electron chi connectivity index (χ0n) is 75.7. The molecule has 8 N–H and O–H groups in total. The van der Waals surface area contributed by atoms with Crippen LogP contribution in [0.3, 0.4) is 0 Å². The van der Waals surface area contributed by atoms with E-state index in [9.17, 15) is 72.9 Å². The number of rotatable bonds is 20. The largest absolute Gasteiger partial charge is 0.491 e. The number of fused-ring (bicyclic) bond motifs is 1. The van der Waals surface area contributed by atoms with Crippen LogP contribution in [0.2, 0.25) is 0 Å². The minimum absolute atomic E-state index is 0.00392. The number of hydrogen-bond donors (Lipinski definition) is 7. The molecule has 0 fully saturated rings. The number of aromatic nitrogens is 6. The van der Waals surface area contributed by atoms with Crippen molar-refractivity contribution in [1.82, 2.24) is 53.4 Å². The molecule has 0 bridgehead atoms. The van der Waals surface area contributed by atoms with Gasteiger partial charge in [-0.1, -0.05) is 20.8 Å². The van der Waals surface area contributed by atoms with Crippen LogP contribution in [0.25, 0.3) is 0 Å². The van der Waals surface area contributed by atoms with Crippen LogP contribution < -0.4 is 108 Å². The monoisotopic (exact) mass is 1860 g/mol. The number of aliphatic hydroxyl groups excluding tert-OH is 3. The number of halogens is 1. The number of nitrogens with two attached hydrogens (primary N) is 1. The van der Waals surface area contributed by atoms with Gasteiger partial charge in [0.15, 0.2) is 85.6 Å². The van der Waals surface area contributed by atoms with Gasteiger partial charge in [-0.05, 0) is 71.3 Å². The van der Waals surface area contributed by atoms with Gasteiger partial charge >= 0.3 is 0 Å². The summed E-state index contributed by atoms with van der Waals surface area (Å²) < 4.78 is 67.5. The predicted molar refractivity (Wildman–Crippen MR) is 466 cm³/mol. The fourth-order valence-corrected chi connectivity index (χ4v) is 19.9. The van der Waals surface area contributed by atoms with Crippen molar-refractivity contribution in [3.8, 4) is 34.5 Å². The molecule has 0 radical (unpaired) electrons. The lowest BCUT2D eigenvalue weighted by Crippen LogP contribution is -2.70. The number of primary amides is 1. The Hall–Kier alpha value is -11.7. The van der Waals surface area contributed by atoms with Crippen LogP contribution >= 0.6 is 15.9 Å². The Morgan fingerprint density at radius 2 is 0.711 bits per heavy atom. The average molecular weight is 1860 g/mol. The van der Waals surface area contributed by atoms with Crippen molar-refractivity contribution in [1.29, 1.82) is 0 Å². The lowest BCUT2D eigenvalue weighted by Gasteiger charge is -2.51. The molecule has 0 aliphatic carbocycles. The Morgan fingerprint density at radius 3 is 1.09 bits per heavy atom. The molecule has 11 unspecified atom stereocenters. The third kappa shape index (κ3) is 14.9. The molecule has 17 rings (SSSR count). The maximum absolute atomic E-state index is 13.1. The molecule has 17 heterocycles. The second-order valence-electron chi connectivity index (χ2n) is 33.2. The first-order chi connectivity index (χ1) is 60.5. The van der Waals surface area contributed by atoms with Gasteiger partial charge in [0.2, 0.25) is 32.6 Å². The van der Waals surface area contributed by atoms with E-state index in [1.165, 1.54) is 72.6 Å². The number of carbonyl (C=O) groups excluding carboxylic acids is 6. The van der Waals surface area contributed by atoms with Crippen LogP contribution in [-0.4, -0.2) is 292 Å². The van der Waals surface area contributed by atoms with Crippen molar-refractivity contribution in [3.63, 3.8) is 0 Å². The van der Waals surface area contributed by atoms with Gasteiger partial charge in [0, 0.05) is 140 Å². The summed E-state index contributed by atoms with van der Waals surface area (Å²) in [5.74, 6) is -1.73. The van der Waals surface area contributed by atoms with Gasteiger partial charge in [-0.2, -0.15) is 0 Å². The normalized spacial score (nSPS) is 24.9. The van der Waals surface area contributed by atoms with E-state index in [-0.39, 0.29) is 165 Å². The number of methoxy groups -OCH3 is 11. The summed E-state index contributed by atoms with van der Waals surface area (Å²) in [7, 11) is 16.1. The van der Waals surface area contributed by atoms with E-state index < -0.39 is 74.7 Å². The molecule has 45 heteroatoms. The van der Waals surface area contributed by atoms with Gasteiger partial charge in [-0.3, -0.25) is 96.6 Å². The van der Waals surface area contributed by atoms with Crippen molar-refractivity contribution in [3.05, 3.63) is 164 Å². The molecule has 6 amide bonds. The minimum Gasteiger partial charge on any atom is -0.491 e. The minimum atomic E-state index is -0.905. The van der Waals surface area contributed by atoms with Crippen molar-refractivity contribution in [2.45, 2.75) is 141 Å². The number of nitrogens with one attached hydrogen (secondary N) is 3. The summed E-state index contributed by atoms with van der Waals surface area (Å²) >= 11 is 3.25. The van der Waals surface area contributed by atoms with E-state index in [1.54, 1.807) is 81.2 Å². The third-order valence-corrected chi connectivity index (χ3v) is 25.8.